The minimum Gasteiger partial charge on any atom is -0.460 e. The zero-order chi connectivity index (χ0) is 13.2. The van der Waals surface area contributed by atoms with Crippen LogP contribution in [0.5, 0.6) is 0 Å². The third kappa shape index (κ3) is 6.39. The van der Waals surface area contributed by atoms with E-state index in [-0.39, 0.29) is 18.2 Å². The normalized spacial score (nSPS) is 20.9. The lowest BCUT2D eigenvalue weighted by molar-refractivity contribution is -0.154. The van der Waals surface area contributed by atoms with Gasteiger partial charge < -0.3 is 9.47 Å². The first-order chi connectivity index (χ1) is 8.74. The average molecular weight is 256 g/mol. The van der Waals surface area contributed by atoms with Crippen LogP contribution in [0.4, 0.5) is 0 Å². The number of hydrogen-bond acceptors (Lipinski definition) is 3. The highest BCUT2D eigenvalue weighted by Gasteiger charge is 2.24. The van der Waals surface area contributed by atoms with E-state index in [1.807, 2.05) is 6.92 Å². The van der Waals surface area contributed by atoms with Crippen molar-refractivity contribution in [3.8, 4) is 0 Å². The first kappa shape index (κ1) is 15.5. The topological polar surface area (TPSA) is 35.5 Å². The van der Waals surface area contributed by atoms with Gasteiger partial charge in [0, 0.05) is 13.0 Å². The van der Waals surface area contributed by atoms with E-state index in [0.29, 0.717) is 6.42 Å². The van der Waals surface area contributed by atoms with Crippen LogP contribution in [0.1, 0.15) is 71.6 Å². The van der Waals surface area contributed by atoms with Crippen molar-refractivity contribution in [1.82, 2.24) is 0 Å². The van der Waals surface area contributed by atoms with E-state index in [2.05, 4.69) is 6.92 Å². The molecule has 18 heavy (non-hydrogen) atoms. The van der Waals surface area contributed by atoms with Crippen LogP contribution in [-0.2, 0) is 14.3 Å². The van der Waals surface area contributed by atoms with E-state index in [1.54, 1.807) is 0 Å². The number of hydrogen-bond donors (Lipinski definition) is 0. The smallest absolute Gasteiger partial charge is 0.306 e. The van der Waals surface area contributed by atoms with Crippen molar-refractivity contribution in [2.45, 2.75) is 83.8 Å². The van der Waals surface area contributed by atoms with Crippen LogP contribution < -0.4 is 0 Å². The summed E-state index contributed by atoms with van der Waals surface area (Å²) in [6.45, 7) is 4.96. The molecule has 0 spiro atoms. The molecule has 1 fully saturated rings. The molecule has 106 valence electrons. The third-order valence-electron chi connectivity index (χ3n) is 3.54. The molecule has 2 unspecified atom stereocenters. The highest BCUT2D eigenvalue weighted by atomic mass is 16.6. The lowest BCUT2D eigenvalue weighted by atomic mass is 10.1. The molecule has 0 N–H and O–H groups in total. The maximum Gasteiger partial charge on any atom is 0.306 e. The summed E-state index contributed by atoms with van der Waals surface area (Å²) >= 11 is 0. The van der Waals surface area contributed by atoms with Gasteiger partial charge in [0.25, 0.3) is 0 Å². The van der Waals surface area contributed by atoms with Crippen LogP contribution >= 0.6 is 0 Å². The van der Waals surface area contributed by atoms with Crippen molar-refractivity contribution < 1.29 is 14.3 Å². The SMILES string of the molecule is CCCCCCCCC(=O)OC(C)C1CCCO1. The highest BCUT2D eigenvalue weighted by molar-refractivity contribution is 5.69. The first-order valence-electron chi connectivity index (χ1n) is 7.55. The molecule has 1 aliphatic rings. The Morgan fingerprint density at radius 2 is 2.00 bits per heavy atom. The van der Waals surface area contributed by atoms with Crippen LogP contribution in [0.25, 0.3) is 0 Å². The molecule has 1 rings (SSSR count). The number of esters is 1. The fourth-order valence-electron chi connectivity index (χ4n) is 2.36. The largest absolute Gasteiger partial charge is 0.460 e. The second-order valence-corrected chi connectivity index (χ2v) is 5.26. The molecule has 0 aliphatic carbocycles. The molecule has 0 aromatic heterocycles. The van der Waals surface area contributed by atoms with Gasteiger partial charge in [0.2, 0.25) is 0 Å². The molecule has 0 aromatic rings. The molecule has 0 aromatic carbocycles. The maximum absolute atomic E-state index is 11.6. The third-order valence-corrected chi connectivity index (χ3v) is 3.54. The molecule has 0 radical (unpaired) electrons. The van der Waals surface area contributed by atoms with Crippen molar-refractivity contribution in [3.63, 3.8) is 0 Å². The zero-order valence-electron chi connectivity index (χ0n) is 12.0. The molecule has 3 nitrogen and oxygen atoms in total. The molecule has 1 heterocycles. The first-order valence-corrected chi connectivity index (χ1v) is 7.55. The summed E-state index contributed by atoms with van der Waals surface area (Å²) < 4.78 is 10.9. The summed E-state index contributed by atoms with van der Waals surface area (Å²) in [5, 5.41) is 0. The zero-order valence-corrected chi connectivity index (χ0v) is 12.0. The van der Waals surface area contributed by atoms with E-state index >= 15 is 0 Å². The van der Waals surface area contributed by atoms with Crippen LogP contribution in [0, 0.1) is 0 Å². The van der Waals surface area contributed by atoms with Gasteiger partial charge in [-0.3, -0.25) is 4.79 Å². The van der Waals surface area contributed by atoms with Crippen LogP contribution in [0.3, 0.4) is 0 Å². The molecular weight excluding hydrogens is 228 g/mol. The average Bonchev–Trinajstić information content (AvgIpc) is 2.87. The molecule has 3 heteroatoms. The lowest BCUT2D eigenvalue weighted by Gasteiger charge is -2.18. The van der Waals surface area contributed by atoms with E-state index in [4.69, 9.17) is 9.47 Å². The minimum absolute atomic E-state index is 0.0616. The standard InChI is InChI=1S/C15H28O3/c1-3-4-5-6-7-8-11-15(16)18-13(2)14-10-9-12-17-14/h13-14H,3-12H2,1-2H3. The van der Waals surface area contributed by atoms with Gasteiger partial charge in [-0.2, -0.15) is 0 Å². The van der Waals surface area contributed by atoms with Gasteiger partial charge in [0.1, 0.15) is 6.10 Å². The predicted octanol–water partition coefficient (Wildman–Crippen LogP) is 3.85. The van der Waals surface area contributed by atoms with Crippen molar-refractivity contribution in [2.75, 3.05) is 6.61 Å². The van der Waals surface area contributed by atoms with E-state index < -0.39 is 0 Å². The quantitative estimate of drug-likeness (QED) is 0.464. The van der Waals surface area contributed by atoms with E-state index in [1.165, 1.54) is 25.7 Å². The van der Waals surface area contributed by atoms with Crippen molar-refractivity contribution >= 4 is 5.97 Å². The Morgan fingerprint density at radius 3 is 2.67 bits per heavy atom. The van der Waals surface area contributed by atoms with Gasteiger partial charge in [0.15, 0.2) is 0 Å². The predicted molar refractivity (Wildman–Crippen MR) is 72.5 cm³/mol. The van der Waals surface area contributed by atoms with Gasteiger partial charge in [-0.15, -0.1) is 0 Å². The van der Waals surface area contributed by atoms with Crippen LogP contribution in [-0.4, -0.2) is 24.8 Å². The van der Waals surface area contributed by atoms with Gasteiger partial charge in [0.05, 0.1) is 6.10 Å². The Kier molecular flexibility index (Phi) is 8.06. The Morgan fingerprint density at radius 1 is 1.28 bits per heavy atom. The summed E-state index contributed by atoms with van der Waals surface area (Å²) in [5.41, 5.74) is 0. The van der Waals surface area contributed by atoms with E-state index in [0.717, 1.165) is 32.3 Å². The monoisotopic (exact) mass is 256 g/mol. The van der Waals surface area contributed by atoms with E-state index in [9.17, 15) is 4.79 Å². The Labute approximate surface area is 111 Å². The second kappa shape index (κ2) is 9.37. The fraction of sp³-hybridized carbons (Fsp3) is 0.933. The minimum atomic E-state index is -0.0832. The number of carbonyl (C=O) groups excluding carboxylic acids is 1. The summed E-state index contributed by atoms with van der Waals surface area (Å²) in [7, 11) is 0. The second-order valence-electron chi connectivity index (χ2n) is 5.26. The number of rotatable bonds is 9. The van der Waals surface area contributed by atoms with Crippen LogP contribution in [0.2, 0.25) is 0 Å². The molecule has 0 saturated carbocycles. The summed E-state index contributed by atoms with van der Waals surface area (Å²) in [5.74, 6) is -0.0616. The number of carbonyl (C=O) groups is 1. The molecule has 2 atom stereocenters. The highest BCUT2D eigenvalue weighted by Crippen LogP contribution is 2.18. The van der Waals surface area contributed by atoms with Crippen molar-refractivity contribution in [1.29, 1.82) is 0 Å². The van der Waals surface area contributed by atoms with Gasteiger partial charge >= 0.3 is 5.97 Å². The summed E-state index contributed by atoms with van der Waals surface area (Å²) in [6.07, 6.45) is 9.91. The van der Waals surface area contributed by atoms with Crippen molar-refractivity contribution in [3.05, 3.63) is 0 Å². The van der Waals surface area contributed by atoms with Gasteiger partial charge in [-0.05, 0) is 26.2 Å². The van der Waals surface area contributed by atoms with Gasteiger partial charge in [-0.25, -0.2) is 0 Å². The molecule has 1 saturated heterocycles. The summed E-state index contributed by atoms with van der Waals surface area (Å²) in [6, 6.07) is 0. The summed E-state index contributed by atoms with van der Waals surface area (Å²) in [4.78, 5) is 11.6. The Hall–Kier alpha value is -0.570. The Balaban J connectivity index is 1.99. The molecule has 0 bridgehead atoms. The number of unbranched alkanes of at least 4 members (excludes halogenated alkanes) is 5. The molecule has 1 aliphatic heterocycles. The van der Waals surface area contributed by atoms with Crippen molar-refractivity contribution in [2.24, 2.45) is 0 Å². The van der Waals surface area contributed by atoms with Gasteiger partial charge in [-0.1, -0.05) is 39.0 Å². The Bertz CT molecular complexity index is 222. The number of ether oxygens (including phenoxy) is 2. The molecule has 0 amide bonds. The lowest BCUT2D eigenvalue weighted by Crippen LogP contribution is -2.27. The van der Waals surface area contributed by atoms with Crippen LogP contribution in [0.15, 0.2) is 0 Å². The fourth-order valence-corrected chi connectivity index (χ4v) is 2.36. The molecular formula is C15H28O3. The maximum atomic E-state index is 11.6.